The van der Waals surface area contributed by atoms with E-state index in [1.807, 2.05) is 38.1 Å². The molecule has 28 heavy (non-hydrogen) atoms. The predicted octanol–water partition coefficient (Wildman–Crippen LogP) is 3.23. The molecule has 2 aromatic carbocycles. The van der Waals surface area contributed by atoms with Crippen LogP contribution in [0.5, 0.6) is 0 Å². The Morgan fingerprint density at radius 2 is 1.68 bits per heavy atom. The van der Waals surface area contributed by atoms with E-state index in [0.29, 0.717) is 17.5 Å². The largest absolute Gasteiger partial charge is 0.450 e. The number of hydrogen-bond donors (Lipinski definition) is 0. The third kappa shape index (κ3) is 4.46. The number of likely N-dealkylation sites (N-methyl/N-ethyl adjacent to an activating group) is 1. The van der Waals surface area contributed by atoms with Crippen molar-refractivity contribution in [2.24, 2.45) is 0 Å². The van der Waals surface area contributed by atoms with Gasteiger partial charge in [0.1, 0.15) is 5.58 Å². The number of amides is 1. The van der Waals surface area contributed by atoms with Crippen molar-refractivity contribution in [2.45, 2.75) is 20.4 Å². The van der Waals surface area contributed by atoms with E-state index in [4.69, 9.17) is 9.15 Å². The number of aryl methyl sites for hydroxylation is 2. The highest BCUT2D eigenvalue weighted by molar-refractivity contribution is 5.90. The molecule has 0 saturated carbocycles. The van der Waals surface area contributed by atoms with Crippen LogP contribution in [0.15, 0.2) is 57.7 Å². The zero-order valence-electron chi connectivity index (χ0n) is 16.0. The van der Waals surface area contributed by atoms with Crippen LogP contribution in [0, 0.1) is 13.8 Å². The van der Waals surface area contributed by atoms with Gasteiger partial charge < -0.3 is 14.1 Å². The van der Waals surface area contributed by atoms with Gasteiger partial charge in [0.05, 0.1) is 5.39 Å². The lowest BCUT2D eigenvalue weighted by Crippen LogP contribution is -2.30. The molecular weight excluding hydrogens is 358 g/mol. The number of fused-ring (bicyclic) bond motifs is 1. The van der Waals surface area contributed by atoms with Crippen LogP contribution >= 0.6 is 0 Å². The van der Waals surface area contributed by atoms with Gasteiger partial charge in [0.2, 0.25) is 5.76 Å². The van der Waals surface area contributed by atoms with Gasteiger partial charge in [0.15, 0.2) is 12.0 Å². The van der Waals surface area contributed by atoms with Gasteiger partial charge in [0, 0.05) is 19.7 Å². The second kappa shape index (κ2) is 8.08. The average Bonchev–Trinajstić information content (AvgIpc) is 2.67. The van der Waals surface area contributed by atoms with Crippen molar-refractivity contribution in [3.63, 3.8) is 0 Å². The average molecular weight is 379 g/mol. The van der Waals surface area contributed by atoms with Crippen LogP contribution in [0.1, 0.15) is 27.2 Å². The maximum absolute atomic E-state index is 12.2. The monoisotopic (exact) mass is 379 g/mol. The van der Waals surface area contributed by atoms with E-state index in [0.717, 1.165) is 22.8 Å². The Labute approximate surface area is 162 Å². The van der Waals surface area contributed by atoms with E-state index >= 15 is 0 Å². The zero-order valence-corrected chi connectivity index (χ0v) is 16.0. The third-order valence-electron chi connectivity index (χ3n) is 4.38. The molecule has 0 unspecified atom stereocenters. The van der Waals surface area contributed by atoms with Crippen LogP contribution in [0.25, 0.3) is 11.0 Å². The number of esters is 1. The van der Waals surface area contributed by atoms with Crippen molar-refractivity contribution in [1.29, 1.82) is 0 Å². The third-order valence-corrected chi connectivity index (χ3v) is 4.38. The minimum Gasteiger partial charge on any atom is -0.450 e. The molecule has 0 fully saturated rings. The Morgan fingerprint density at radius 1 is 1.00 bits per heavy atom. The lowest BCUT2D eigenvalue weighted by atomic mass is 10.1. The summed E-state index contributed by atoms with van der Waals surface area (Å²) in [5, 5.41) is 0.394. The number of carbonyl (C=O) groups excluding carboxylic acids is 2. The van der Waals surface area contributed by atoms with E-state index in [9.17, 15) is 14.4 Å². The summed E-state index contributed by atoms with van der Waals surface area (Å²) in [4.78, 5) is 38.1. The molecule has 3 rings (SSSR count). The molecule has 6 nitrogen and oxygen atoms in total. The van der Waals surface area contributed by atoms with Crippen molar-refractivity contribution in [3.05, 3.63) is 81.2 Å². The maximum atomic E-state index is 12.2. The summed E-state index contributed by atoms with van der Waals surface area (Å²) >= 11 is 0. The van der Waals surface area contributed by atoms with E-state index in [2.05, 4.69) is 0 Å². The van der Waals surface area contributed by atoms with Crippen molar-refractivity contribution < 1.29 is 18.7 Å². The Hall–Kier alpha value is -3.41. The van der Waals surface area contributed by atoms with E-state index in [-0.39, 0.29) is 17.1 Å². The second-order valence-corrected chi connectivity index (χ2v) is 6.79. The topological polar surface area (TPSA) is 76.8 Å². The Kier molecular flexibility index (Phi) is 5.59. The van der Waals surface area contributed by atoms with Crippen molar-refractivity contribution in [2.75, 3.05) is 13.7 Å². The fraction of sp³-hybridized carbons (Fsp3) is 0.227. The number of hydrogen-bond acceptors (Lipinski definition) is 5. The van der Waals surface area contributed by atoms with Crippen LogP contribution in [-0.4, -0.2) is 30.4 Å². The van der Waals surface area contributed by atoms with Gasteiger partial charge in [-0.25, -0.2) is 4.79 Å². The van der Waals surface area contributed by atoms with E-state index in [1.165, 1.54) is 4.90 Å². The highest BCUT2D eigenvalue weighted by Crippen LogP contribution is 2.15. The summed E-state index contributed by atoms with van der Waals surface area (Å²) in [6.45, 7) is 3.82. The Bertz CT molecular complexity index is 1080. The van der Waals surface area contributed by atoms with Gasteiger partial charge in [0.25, 0.3) is 5.91 Å². The van der Waals surface area contributed by atoms with Crippen LogP contribution < -0.4 is 5.43 Å². The number of ether oxygens (including phenoxy) is 1. The molecule has 1 aromatic heterocycles. The maximum Gasteiger partial charge on any atom is 0.374 e. The molecule has 0 bridgehead atoms. The zero-order chi connectivity index (χ0) is 20.3. The first-order valence-corrected chi connectivity index (χ1v) is 8.84. The highest BCUT2D eigenvalue weighted by Gasteiger charge is 2.17. The van der Waals surface area contributed by atoms with Gasteiger partial charge in [-0.3, -0.25) is 9.59 Å². The van der Waals surface area contributed by atoms with Gasteiger partial charge in [-0.15, -0.1) is 0 Å². The van der Waals surface area contributed by atoms with Crippen LogP contribution in [0.4, 0.5) is 0 Å². The molecule has 1 heterocycles. The number of carbonyl (C=O) groups is 2. The fourth-order valence-electron chi connectivity index (χ4n) is 2.73. The van der Waals surface area contributed by atoms with Gasteiger partial charge >= 0.3 is 5.97 Å². The van der Waals surface area contributed by atoms with E-state index in [1.54, 1.807) is 25.2 Å². The first kappa shape index (κ1) is 19.4. The minimum atomic E-state index is -0.850. The molecular formula is C22H21NO5. The van der Waals surface area contributed by atoms with Crippen molar-refractivity contribution in [1.82, 2.24) is 4.90 Å². The van der Waals surface area contributed by atoms with Gasteiger partial charge in [-0.05, 0) is 31.5 Å². The van der Waals surface area contributed by atoms with Crippen molar-refractivity contribution >= 4 is 22.8 Å². The second-order valence-electron chi connectivity index (χ2n) is 6.79. The van der Waals surface area contributed by atoms with Crippen LogP contribution in [-0.2, 0) is 16.1 Å². The first-order valence-electron chi connectivity index (χ1n) is 8.84. The molecule has 3 aromatic rings. The molecule has 0 spiro atoms. The molecule has 1 amide bonds. The van der Waals surface area contributed by atoms with Crippen molar-refractivity contribution in [3.8, 4) is 0 Å². The van der Waals surface area contributed by atoms with Crippen LogP contribution in [0.2, 0.25) is 0 Å². The number of nitrogens with zero attached hydrogens (tertiary/aromatic N) is 1. The fourth-order valence-corrected chi connectivity index (χ4v) is 2.73. The normalized spacial score (nSPS) is 10.7. The lowest BCUT2D eigenvalue weighted by Gasteiger charge is -2.17. The minimum absolute atomic E-state index is 0.227. The highest BCUT2D eigenvalue weighted by atomic mass is 16.5. The first-order chi connectivity index (χ1) is 13.3. The SMILES string of the molecule is Cc1ccc(CN(C)C(=O)COC(=O)c2cc(=O)c3cc(C)ccc3o2)cc1. The molecule has 0 aliphatic rings. The van der Waals surface area contributed by atoms with Gasteiger partial charge in [-0.2, -0.15) is 0 Å². The summed E-state index contributed by atoms with van der Waals surface area (Å²) in [6, 6.07) is 14.0. The predicted molar refractivity (Wildman–Crippen MR) is 105 cm³/mol. The van der Waals surface area contributed by atoms with Gasteiger partial charge in [-0.1, -0.05) is 41.5 Å². The summed E-state index contributed by atoms with van der Waals surface area (Å²) in [7, 11) is 1.63. The Balaban J connectivity index is 1.64. The summed E-state index contributed by atoms with van der Waals surface area (Å²) in [5.41, 5.74) is 2.99. The molecule has 0 saturated heterocycles. The smallest absolute Gasteiger partial charge is 0.374 e. The van der Waals surface area contributed by atoms with E-state index < -0.39 is 12.6 Å². The molecule has 0 N–H and O–H groups in total. The Morgan fingerprint density at radius 3 is 2.39 bits per heavy atom. The summed E-state index contributed by atoms with van der Waals surface area (Å²) in [5.74, 6) is -1.43. The molecule has 0 aliphatic carbocycles. The molecule has 144 valence electrons. The standard InChI is InChI=1S/C22H21NO5/c1-14-4-7-16(8-5-14)12-23(3)21(25)13-27-22(26)20-11-18(24)17-10-15(2)6-9-19(17)28-20/h4-11H,12-13H2,1-3H3. The quantitative estimate of drug-likeness (QED) is 0.636. The number of rotatable bonds is 5. The number of benzene rings is 2. The molecule has 6 heteroatoms. The molecule has 0 aliphatic heterocycles. The molecule has 0 atom stereocenters. The molecule has 0 radical (unpaired) electrons. The summed E-state index contributed by atoms with van der Waals surface area (Å²) < 4.78 is 10.5. The lowest BCUT2D eigenvalue weighted by molar-refractivity contribution is -0.133. The summed E-state index contributed by atoms with van der Waals surface area (Å²) in [6.07, 6.45) is 0. The van der Waals surface area contributed by atoms with Crippen LogP contribution in [0.3, 0.4) is 0 Å².